The van der Waals surface area contributed by atoms with Crippen LogP contribution in [0.3, 0.4) is 0 Å². The van der Waals surface area contributed by atoms with Crippen molar-refractivity contribution in [3.05, 3.63) is 60.7 Å². The van der Waals surface area contributed by atoms with Gasteiger partial charge in [-0.1, -0.05) is 36.0 Å². The lowest BCUT2D eigenvalue weighted by Crippen LogP contribution is -2.33. The largest absolute Gasteiger partial charge is 0.497 e. The predicted molar refractivity (Wildman–Crippen MR) is 124 cm³/mol. The zero-order valence-electron chi connectivity index (χ0n) is 17.8. The Morgan fingerprint density at radius 3 is 2.71 bits per heavy atom. The van der Waals surface area contributed by atoms with Crippen molar-refractivity contribution in [1.29, 1.82) is 0 Å². The van der Waals surface area contributed by atoms with Crippen molar-refractivity contribution in [2.75, 3.05) is 26.1 Å². The number of rotatable bonds is 8. The number of nitrogens with one attached hydrogen (secondary N) is 1. The van der Waals surface area contributed by atoms with Gasteiger partial charge < -0.3 is 14.8 Å². The maximum absolute atomic E-state index is 12.9. The number of benzene rings is 2. The van der Waals surface area contributed by atoms with Gasteiger partial charge in [0.1, 0.15) is 16.7 Å². The van der Waals surface area contributed by atoms with Crippen molar-refractivity contribution < 1.29 is 19.1 Å². The van der Waals surface area contributed by atoms with Crippen LogP contribution < -0.4 is 14.8 Å². The van der Waals surface area contributed by atoms with E-state index in [1.807, 2.05) is 31.2 Å². The van der Waals surface area contributed by atoms with E-state index in [4.69, 9.17) is 9.47 Å². The number of para-hydroxylation sites is 1. The molecule has 1 aliphatic rings. The van der Waals surface area contributed by atoms with Crippen molar-refractivity contribution in [2.24, 2.45) is 4.99 Å². The third-order valence-electron chi connectivity index (χ3n) is 4.72. The Balaban J connectivity index is 1.76. The number of thioether (sulfide) groups is 1. The van der Waals surface area contributed by atoms with Gasteiger partial charge in [0.15, 0.2) is 5.17 Å². The number of carbonyl (C=O) groups excluding carboxylic acids is 2. The molecule has 0 bridgehead atoms. The quantitative estimate of drug-likeness (QED) is 0.625. The smallest absolute Gasteiger partial charge is 0.242 e. The lowest BCUT2D eigenvalue weighted by atomic mass is 10.2. The maximum Gasteiger partial charge on any atom is 0.242 e. The first-order valence-electron chi connectivity index (χ1n) is 9.72. The topological polar surface area (TPSA) is 80.2 Å². The van der Waals surface area contributed by atoms with Crippen LogP contribution in [-0.2, 0) is 9.59 Å². The minimum absolute atomic E-state index is 0.0130. The number of aryl methyl sites for hydroxylation is 1. The van der Waals surface area contributed by atoms with E-state index in [0.717, 1.165) is 11.3 Å². The number of amides is 2. The van der Waals surface area contributed by atoms with Crippen molar-refractivity contribution in [1.82, 2.24) is 4.90 Å². The molecule has 1 aliphatic heterocycles. The molecular weight excluding hydrogens is 414 g/mol. The Labute approximate surface area is 186 Å². The van der Waals surface area contributed by atoms with Gasteiger partial charge >= 0.3 is 0 Å². The van der Waals surface area contributed by atoms with Gasteiger partial charge in [-0.05, 0) is 30.7 Å². The van der Waals surface area contributed by atoms with Crippen LogP contribution in [0.4, 0.5) is 11.4 Å². The normalized spacial score (nSPS) is 17.0. The highest BCUT2D eigenvalue weighted by molar-refractivity contribution is 8.15. The van der Waals surface area contributed by atoms with Crippen LogP contribution in [0, 0.1) is 6.92 Å². The van der Waals surface area contributed by atoms with Crippen LogP contribution in [0.2, 0.25) is 0 Å². The molecule has 1 heterocycles. The fraction of sp³-hybridized carbons (Fsp3) is 0.261. The van der Waals surface area contributed by atoms with Gasteiger partial charge in [0, 0.05) is 19.0 Å². The third-order valence-corrected chi connectivity index (χ3v) is 5.89. The third kappa shape index (κ3) is 5.27. The van der Waals surface area contributed by atoms with Crippen LogP contribution in [0.15, 0.2) is 60.1 Å². The molecule has 0 saturated carbocycles. The van der Waals surface area contributed by atoms with E-state index < -0.39 is 5.25 Å². The van der Waals surface area contributed by atoms with Crippen molar-refractivity contribution in [2.45, 2.75) is 18.6 Å². The molecule has 3 rings (SSSR count). The van der Waals surface area contributed by atoms with Gasteiger partial charge in [0.25, 0.3) is 0 Å². The number of nitrogens with zero attached hydrogens (tertiary/aromatic N) is 2. The molecular formula is C23H25N3O4S. The summed E-state index contributed by atoms with van der Waals surface area (Å²) in [6.07, 6.45) is 1.66. The SMILES string of the molecule is C=CCN1C(=O)[C@@H](CC(=O)Nc2ccc(OC)cc2OC)SC1=Nc1ccccc1C. The van der Waals surface area contributed by atoms with E-state index in [-0.39, 0.29) is 18.2 Å². The molecule has 0 radical (unpaired) electrons. The Morgan fingerprint density at radius 2 is 2.03 bits per heavy atom. The van der Waals surface area contributed by atoms with E-state index >= 15 is 0 Å². The monoisotopic (exact) mass is 439 g/mol. The number of hydrogen-bond acceptors (Lipinski definition) is 6. The Kier molecular flexibility index (Phi) is 7.36. The molecule has 0 unspecified atom stereocenters. The molecule has 0 spiro atoms. The van der Waals surface area contributed by atoms with Crippen LogP contribution in [-0.4, -0.2) is 47.9 Å². The second-order valence-corrected chi connectivity index (χ2v) is 8.01. The number of amidine groups is 1. The van der Waals surface area contributed by atoms with Crippen LogP contribution >= 0.6 is 11.8 Å². The average molecular weight is 440 g/mol. The summed E-state index contributed by atoms with van der Waals surface area (Å²) in [5.74, 6) is 0.654. The average Bonchev–Trinajstić information content (AvgIpc) is 3.04. The van der Waals surface area contributed by atoms with Gasteiger partial charge in [-0.25, -0.2) is 4.99 Å². The number of carbonyl (C=O) groups is 2. The summed E-state index contributed by atoms with van der Waals surface area (Å²) in [5, 5.41) is 2.82. The van der Waals surface area contributed by atoms with Crippen LogP contribution in [0.1, 0.15) is 12.0 Å². The number of ether oxygens (including phenoxy) is 2. The highest BCUT2D eigenvalue weighted by Crippen LogP contribution is 2.33. The summed E-state index contributed by atoms with van der Waals surface area (Å²) in [6.45, 7) is 6.03. The molecule has 1 saturated heterocycles. The lowest BCUT2D eigenvalue weighted by Gasteiger charge is -2.14. The first-order valence-corrected chi connectivity index (χ1v) is 10.6. The summed E-state index contributed by atoms with van der Waals surface area (Å²) in [7, 11) is 3.07. The molecule has 1 N–H and O–H groups in total. The standard InChI is InChI=1S/C23H25N3O4S/c1-5-12-26-22(28)20(31-23(26)25-17-9-7-6-8-15(17)2)14-21(27)24-18-11-10-16(29-3)13-19(18)30-4/h5-11,13,20H,1,12,14H2,2-4H3,(H,24,27)/t20-/m1/s1. The Hall–Kier alpha value is -3.26. The fourth-order valence-electron chi connectivity index (χ4n) is 3.09. The Morgan fingerprint density at radius 1 is 1.26 bits per heavy atom. The molecule has 2 aromatic rings. The molecule has 162 valence electrons. The van der Waals surface area contributed by atoms with Gasteiger partial charge in [-0.3, -0.25) is 14.5 Å². The van der Waals surface area contributed by atoms with E-state index in [1.54, 1.807) is 36.3 Å². The molecule has 0 aliphatic carbocycles. The molecule has 7 nitrogen and oxygen atoms in total. The second kappa shape index (κ2) is 10.2. The van der Waals surface area contributed by atoms with Crippen LogP contribution in [0.25, 0.3) is 0 Å². The van der Waals surface area contributed by atoms with E-state index in [1.165, 1.54) is 18.9 Å². The first kappa shape index (κ1) is 22.4. The predicted octanol–water partition coefficient (Wildman–Crippen LogP) is 4.16. The highest BCUT2D eigenvalue weighted by Gasteiger charge is 2.38. The molecule has 8 heteroatoms. The number of anilines is 1. The Bertz CT molecular complexity index is 1020. The number of methoxy groups -OCH3 is 2. The molecule has 2 aromatic carbocycles. The van der Waals surface area contributed by atoms with Crippen molar-refractivity contribution >= 4 is 40.1 Å². The lowest BCUT2D eigenvalue weighted by molar-refractivity contribution is -0.127. The second-order valence-electron chi connectivity index (χ2n) is 6.84. The number of aliphatic imine (C=N–C) groups is 1. The minimum atomic E-state index is -0.563. The first-order chi connectivity index (χ1) is 15.0. The molecule has 1 atom stereocenters. The van der Waals surface area contributed by atoms with E-state index in [2.05, 4.69) is 16.9 Å². The summed E-state index contributed by atoms with van der Waals surface area (Å²) < 4.78 is 10.5. The van der Waals surface area contributed by atoms with Crippen molar-refractivity contribution in [3.63, 3.8) is 0 Å². The van der Waals surface area contributed by atoms with E-state index in [0.29, 0.717) is 28.9 Å². The molecule has 1 fully saturated rings. The summed E-state index contributed by atoms with van der Waals surface area (Å²) in [4.78, 5) is 31.8. The van der Waals surface area contributed by atoms with Crippen LogP contribution in [0.5, 0.6) is 11.5 Å². The summed E-state index contributed by atoms with van der Waals surface area (Å²) in [5.41, 5.74) is 2.31. The molecule has 31 heavy (non-hydrogen) atoms. The van der Waals surface area contributed by atoms with Crippen molar-refractivity contribution in [3.8, 4) is 11.5 Å². The van der Waals surface area contributed by atoms with Gasteiger partial charge in [0.05, 0.1) is 25.6 Å². The van der Waals surface area contributed by atoms with Gasteiger partial charge in [-0.2, -0.15) is 0 Å². The minimum Gasteiger partial charge on any atom is -0.497 e. The molecule has 0 aromatic heterocycles. The highest BCUT2D eigenvalue weighted by atomic mass is 32.2. The molecule has 2 amide bonds. The van der Waals surface area contributed by atoms with E-state index in [9.17, 15) is 9.59 Å². The zero-order chi connectivity index (χ0) is 22.4. The van der Waals surface area contributed by atoms with Gasteiger partial charge in [0.2, 0.25) is 11.8 Å². The van der Waals surface area contributed by atoms with Gasteiger partial charge in [-0.15, -0.1) is 6.58 Å². The maximum atomic E-state index is 12.9. The summed E-state index contributed by atoms with van der Waals surface area (Å²) in [6, 6.07) is 12.8. The zero-order valence-corrected chi connectivity index (χ0v) is 18.6. The number of hydrogen-bond donors (Lipinski definition) is 1. The summed E-state index contributed by atoms with van der Waals surface area (Å²) >= 11 is 1.29. The fourth-order valence-corrected chi connectivity index (χ4v) is 4.25.